The van der Waals surface area contributed by atoms with E-state index in [1.54, 1.807) is 0 Å². The molecule has 0 unspecified atom stereocenters. The van der Waals surface area contributed by atoms with Gasteiger partial charge in [0.1, 0.15) is 18.1 Å². The fraction of sp³-hybridized carbons (Fsp3) is 0.400. The number of rotatable bonds is 5. The minimum atomic E-state index is 0.194. The summed E-state index contributed by atoms with van der Waals surface area (Å²) < 4.78 is 7.46. The number of nitrogens with zero attached hydrogens (tertiary/aromatic N) is 4. The van der Waals surface area contributed by atoms with Crippen LogP contribution in [0.4, 0.5) is 0 Å². The van der Waals surface area contributed by atoms with Crippen molar-refractivity contribution in [3.63, 3.8) is 0 Å². The molecule has 0 bridgehead atoms. The normalized spacial score (nSPS) is 14.8. The number of para-hydroxylation sites is 1. The third-order valence-corrected chi connectivity index (χ3v) is 3.58. The first kappa shape index (κ1) is 13.6. The third-order valence-electron chi connectivity index (χ3n) is 3.58. The average Bonchev–Trinajstić information content (AvgIpc) is 2.93. The predicted molar refractivity (Wildman–Crippen MR) is 76.7 cm³/mol. The number of benzene rings is 1. The van der Waals surface area contributed by atoms with Gasteiger partial charge in [0.25, 0.3) is 0 Å². The van der Waals surface area contributed by atoms with Crippen LogP contribution in [0.25, 0.3) is 0 Å². The van der Waals surface area contributed by atoms with Crippen LogP contribution >= 0.6 is 0 Å². The molecule has 0 spiro atoms. The standard InChI is InChI=1S/C15H18N4O2/c1-2-15(20)18-9-13(10-18)19-8-12(16-17-19)11-21-14-6-4-3-5-7-14/h3-8,13H,2,9-11H2,1H3. The first-order valence-corrected chi connectivity index (χ1v) is 7.12. The lowest BCUT2D eigenvalue weighted by Gasteiger charge is -2.38. The van der Waals surface area contributed by atoms with Crippen molar-refractivity contribution in [3.8, 4) is 5.75 Å². The van der Waals surface area contributed by atoms with E-state index in [0.717, 1.165) is 24.5 Å². The Bertz CT molecular complexity index is 605. The molecule has 6 nitrogen and oxygen atoms in total. The molecule has 0 aliphatic carbocycles. The molecule has 0 saturated carbocycles. The quantitative estimate of drug-likeness (QED) is 0.838. The van der Waals surface area contributed by atoms with E-state index >= 15 is 0 Å². The molecule has 1 aliphatic heterocycles. The number of amides is 1. The molecule has 2 heterocycles. The number of hydrogen-bond acceptors (Lipinski definition) is 4. The highest BCUT2D eigenvalue weighted by Gasteiger charge is 2.31. The van der Waals surface area contributed by atoms with Crippen LogP contribution in [0.5, 0.6) is 5.75 Å². The van der Waals surface area contributed by atoms with Crippen LogP contribution in [0, 0.1) is 0 Å². The van der Waals surface area contributed by atoms with E-state index < -0.39 is 0 Å². The van der Waals surface area contributed by atoms with Gasteiger partial charge in [0.15, 0.2) is 0 Å². The number of ether oxygens (including phenoxy) is 1. The van der Waals surface area contributed by atoms with Crippen LogP contribution in [0.3, 0.4) is 0 Å². The minimum Gasteiger partial charge on any atom is -0.487 e. The summed E-state index contributed by atoms with van der Waals surface area (Å²) in [6.07, 6.45) is 2.45. The van der Waals surface area contributed by atoms with Gasteiger partial charge in [-0.05, 0) is 12.1 Å². The summed E-state index contributed by atoms with van der Waals surface area (Å²) in [5.41, 5.74) is 0.791. The van der Waals surface area contributed by atoms with E-state index in [4.69, 9.17) is 4.74 Å². The molecule has 6 heteroatoms. The van der Waals surface area contributed by atoms with Crippen molar-refractivity contribution in [2.45, 2.75) is 26.0 Å². The summed E-state index contributed by atoms with van der Waals surface area (Å²) in [5.74, 6) is 1.01. The van der Waals surface area contributed by atoms with Crippen molar-refractivity contribution in [2.24, 2.45) is 0 Å². The zero-order valence-corrected chi connectivity index (χ0v) is 12.0. The summed E-state index contributed by atoms with van der Waals surface area (Å²) in [5, 5.41) is 8.23. The lowest BCUT2D eigenvalue weighted by molar-refractivity contribution is -0.136. The van der Waals surface area contributed by atoms with Gasteiger partial charge in [0.05, 0.1) is 12.2 Å². The van der Waals surface area contributed by atoms with Gasteiger partial charge in [-0.1, -0.05) is 30.3 Å². The Kier molecular flexibility index (Phi) is 3.85. The second kappa shape index (κ2) is 5.95. The molecular weight excluding hydrogens is 268 g/mol. The second-order valence-electron chi connectivity index (χ2n) is 5.10. The maximum atomic E-state index is 11.5. The summed E-state index contributed by atoms with van der Waals surface area (Å²) in [7, 11) is 0. The van der Waals surface area contributed by atoms with Gasteiger partial charge < -0.3 is 9.64 Å². The Balaban J connectivity index is 1.52. The third kappa shape index (κ3) is 3.04. The second-order valence-corrected chi connectivity index (χ2v) is 5.10. The molecule has 0 atom stereocenters. The molecule has 1 aliphatic rings. The molecule has 110 valence electrons. The Hall–Kier alpha value is -2.37. The molecule has 0 radical (unpaired) electrons. The first-order chi connectivity index (χ1) is 10.3. The topological polar surface area (TPSA) is 60.2 Å². The first-order valence-electron chi connectivity index (χ1n) is 7.12. The molecule has 1 saturated heterocycles. The van der Waals surface area contributed by atoms with E-state index in [9.17, 15) is 4.79 Å². The van der Waals surface area contributed by atoms with Gasteiger partial charge in [-0.2, -0.15) is 0 Å². The SMILES string of the molecule is CCC(=O)N1CC(n2cc(COc3ccccc3)nn2)C1. The molecule has 0 N–H and O–H groups in total. The van der Waals surface area contributed by atoms with Gasteiger partial charge >= 0.3 is 0 Å². The monoisotopic (exact) mass is 286 g/mol. The summed E-state index contributed by atoms with van der Waals surface area (Å²) in [6.45, 7) is 3.71. The highest BCUT2D eigenvalue weighted by molar-refractivity contribution is 5.76. The summed E-state index contributed by atoms with van der Waals surface area (Å²) in [4.78, 5) is 13.3. The predicted octanol–water partition coefficient (Wildman–Crippen LogP) is 1.65. The Morgan fingerprint density at radius 1 is 1.33 bits per heavy atom. The van der Waals surface area contributed by atoms with Crippen molar-refractivity contribution in [3.05, 3.63) is 42.2 Å². The van der Waals surface area contributed by atoms with E-state index in [2.05, 4.69) is 10.3 Å². The molecule has 1 amide bonds. The van der Waals surface area contributed by atoms with E-state index in [1.165, 1.54) is 0 Å². The number of hydrogen-bond donors (Lipinski definition) is 0. The molecular formula is C15H18N4O2. The zero-order valence-electron chi connectivity index (χ0n) is 12.0. The maximum Gasteiger partial charge on any atom is 0.222 e. The number of carbonyl (C=O) groups excluding carboxylic acids is 1. The lowest BCUT2D eigenvalue weighted by Crippen LogP contribution is -2.50. The highest BCUT2D eigenvalue weighted by atomic mass is 16.5. The van der Waals surface area contributed by atoms with Gasteiger partial charge in [0, 0.05) is 19.5 Å². The smallest absolute Gasteiger partial charge is 0.222 e. The molecule has 2 aromatic rings. The van der Waals surface area contributed by atoms with Crippen molar-refractivity contribution >= 4 is 5.91 Å². The largest absolute Gasteiger partial charge is 0.487 e. The Morgan fingerprint density at radius 3 is 2.81 bits per heavy atom. The molecule has 3 rings (SSSR count). The number of likely N-dealkylation sites (tertiary alicyclic amines) is 1. The van der Waals surface area contributed by atoms with E-state index in [-0.39, 0.29) is 11.9 Å². The average molecular weight is 286 g/mol. The van der Waals surface area contributed by atoms with Crippen LogP contribution in [0.2, 0.25) is 0 Å². The van der Waals surface area contributed by atoms with Gasteiger partial charge in [-0.15, -0.1) is 5.10 Å². The highest BCUT2D eigenvalue weighted by Crippen LogP contribution is 2.21. The van der Waals surface area contributed by atoms with Crippen molar-refractivity contribution < 1.29 is 9.53 Å². The minimum absolute atomic E-state index is 0.194. The number of aromatic nitrogens is 3. The van der Waals surface area contributed by atoms with E-state index in [1.807, 2.05) is 53.0 Å². The maximum absolute atomic E-state index is 11.5. The summed E-state index contributed by atoms with van der Waals surface area (Å²) in [6, 6.07) is 9.86. The zero-order chi connectivity index (χ0) is 14.7. The molecule has 1 aromatic carbocycles. The van der Waals surface area contributed by atoms with Gasteiger partial charge in [-0.25, -0.2) is 4.68 Å². The van der Waals surface area contributed by atoms with Crippen LogP contribution < -0.4 is 4.74 Å². The van der Waals surface area contributed by atoms with Crippen LogP contribution in [0.1, 0.15) is 25.1 Å². The molecule has 1 fully saturated rings. The van der Waals surface area contributed by atoms with Crippen LogP contribution in [0.15, 0.2) is 36.5 Å². The van der Waals surface area contributed by atoms with Crippen LogP contribution in [-0.4, -0.2) is 38.9 Å². The van der Waals surface area contributed by atoms with Gasteiger partial charge in [-0.3, -0.25) is 4.79 Å². The summed E-state index contributed by atoms with van der Waals surface area (Å²) >= 11 is 0. The molecule has 21 heavy (non-hydrogen) atoms. The van der Waals surface area contributed by atoms with Crippen molar-refractivity contribution in [1.29, 1.82) is 0 Å². The van der Waals surface area contributed by atoms with Crippen molar-refractivity contribution in [1.82, 2.24) is 19.9 Å². The lowest BCUT2D eigenvalue weighted by atomic mass is 10.1. The molecule has 1 aromatic heterocycles. The fourth-order valence-electron chi connectivity index (χ4n) is 2.28. The Morgan fingerprint density at radius 2 is 2.10 bits per heavy atom. The fourth-order valence-corrected chi connectivity index (χ4v) is 2.28. The van der Waals surface area contributed by atoms with Gasteiger partial charge in [0.2, 0.25) is 5.91 Å². The van der Waals surface area contributed by atoms with Crippen LogP contribution in [-0.2, 0) is 11.4 Å². The van der Waals surface area contributed by atoms with Crippen molar-refractivity contribution in [2.75, 3.05) is 13.1 Å². The van der Waals surface area contributed by atoms with E-state index in [0.29, 0.717) is 13.0 Å². The number of carbonyl (C=O) groups is 1. The Labute approximate surface area is 123 Å².